The van der Waals surface area contributed by atoms with Crippen LogP contribution in [0.4, 0.5) is 29.6 Å². The van der Waals surface area contributed by atoms with Crippen molar-refractivity contribution >= 4 is 23.6 Å². The molecule has 2 amide bonds. The SMILES string of the molecule is CC(C)(C)OC(=O)N1CCN(c2cncc(-c3ncnc4c3[C@H](C(F)(F)F)CC(=O)N4)n2)C[C@@H]1C1CC1. The van der Waals surface area contributed by atoms with Crippen molar-refractivity contribution in [3.8, 4) is 11.4 Å². The molecule has 2 aromatic heterocycles. The highest BCUT2D eigenvalue weighted by Gasteiger charge is 2.48. The fourth-order valence-corrected chi connectivity index (χ4v) is 4.85. The fourth-order valence-electron chi connectivity index (χ4n) is 4.85. The number of hydrogen-bond acceptors (Lipinski definition) is 8. The van der Waals surface area contributed by atoms with E-state index in [4.69, 9.17) is 4.74 Å². The molecule has 37 heavy (non-hydrogen) atoms. The molecule has 2 aromatic rings. The van der Waals surface area contributed by atoms with Crippen LogP contribution in [0.25, 0.3) is 11.4 Å². The number of nitrogens with zero attached hydrogens (tertiary/aromatic N) is 6. The number of carbonyl (C=O) groups is 2. The number of halogens is 3. The zero-order valence-electron chi connectivity index (χ0n) is 20.7. The molecule has 0 unspecified atom stereocenters. The summed E-state index contributed by atoms with van der Waals surface area (Å²) >= 11 is 0. The summed E-state index contributed by atoms with van der Waals surface area (Å²) in [5, 5.41) is 2.41. The van der Waals surface area contributed by atoms with E-state index in [0.717, 1.165) is 19.2 Å². The Morgan fingerprint density at radius 3 is 2.57 bits per heavy atom. The van der Waals surface area contributed by atoms with Gasteiger partial charge in [0.05, 0.1) is 30.0 Å². The summed E-state index contributed by atoms with van der Waals surface area (Å²) in [6.07, 6.45) is 0.272. The number of rotatable bonds is 3. The Labute approximate surface area is 211 Å². The van der Waals surface area contributed by atoms with Crippen LogP contribution >= 0.6 is 0 Å². The molecule has 0 radical (unpaired) electrons. The van der Waals surface area contributed by atoms with Crippen LogP contribution in [0, 0.1) is 5.92 Å². The average Bonchev–Trinajstić information content (AvgIpc) is 3.66. The maximum Gasteiger partial charge on any atom is 0.410 e. The minimum absolute atomic E-state index is 0.0205. The number of amides is 2. The summed E-state index contributed by atoms with van der Waals surface area (Å²) in [7, 11) is 0. The molecule has 2 fully saturated rings. The van der Waals surface area contributed by atoms with Crippen LogP contribution in [-0.4, -0.2) is 74.3 Å². The third kappa shape index (κ3) is 5.30. The van der Waals surface area contributed by atoms with E-state index in [1.54, 1.807) is 11.1 Å². The second-order valence-electron chi connectivity index (χ2n) is 10.6. The lowest BCUT2D eigenvalue weighted by Crippen LogP contribution is -2.57. The highest BCUT2D eigenvalue weighted by molar-refractivity contribution is 5.95. The highest BCUT2D eigenvalue weighted by atomic mass is 19.4. The van der Waals surface area contributed by atoms with Gasteiger partial charge in [-0.15, -0.1) is 0 Å². The smallest absolute Gasteiger partial charge is 0.410 e. The van der Waals surface area contributed by atoms with Gasteiger partial charge in [-0.25, -0.2) is 19.7 Å². The number of aromatic nitrogens is 4. The number of ether oxygens (including phenoxy) is 1. The summed E-state index contributed by atoms with van der Waals surface area (Å²) < 4.78 is 47.2. The lowest BCUT2D eigenvalue weighted by Gasteiger charge is -2.42. The van der Waals surface area contributed by atoms with Crippen molar-refractivity contribution in [3.05, 3.63) is 24.3 Å². The number of carbonyl (C=O) groups excluding carboxylic acids is 2. The second-order valence-corrected chi connectivity index (χ2v) is 10.6. The van der Waals surface area contributed by atoms with Crippen LogP contribution in [0.5, 0.6) is 0 Å². The van der Waals surface area contributed by atoms with Gasteiger partial charge < -0.3 is 19.9 Å². The summed E-state index contributed by atoms with van der Waals surface area (Å²) in [4.78, 5) is 45.3. The Balaban J connectivity index is 1.43. The normalized spacial score (nSPS) is 22.4. The van der Waals surface area contributed by atoms with Crippen LogP contribution < -0.4 is 10.2 Å². The van der Waals surface area contributed by atoms with Crippen molar-refractivity contribution in [2.24, 2.45) is 5.92 Å². The molecule has 1 aliphatic carbocycles. The van der Waals surface area contributed by atoms with Crippen LogP contribution in [0.1, 0.15) is 51.5 Å². The molecular formula is C24H28F3N7O3. The number of hydrogen-bond donors (Lipinski definition) is 1. The van der Waals surface area contributed by atoms with E-state index in [0.29, 0.717) is 31.4 Å². The molecule has 2 atom stereocenters. The van der Waals surface area contributed by atoms with Crippen molar-refractivity contribution in [1.29, 1.82) is 0 Å². The Morgan fingerprint density at radius 1 is 1.14 bits per heavy atom. The van der Waals surface area contributed by atoms with Crippen molar-refractivity contribution in [1.82, 2.24) is 24.8 Å². The van der Waals surface area contributed by atoms with E-state index < -0.39 is 30.0 Å². The second kappa shape index (κ2) is 9.10. The summed E-state index contributed by atoms with van der Waals surface area (Å²) in [6.45, 7) is 6.88. The van der Waals surface area contributed by atoms with Gasteiger partial charge in [-0.3, -0.25) is 9.78 Å². The number of alkyl halides is 3. The third-order valence-corrected chi connectivity index (χ3v) is 6.68. The van der Waals surface area contributed by atoms with Crippen molar-refractivity contribution in [2.75, 3.05) is 29.9 Å². The van der Waals surface area contributed by atoms with Crippen molar-refractivity contribution in [2.45, 2.75) is 63.8 Å². The molecule has 13 heteroatoms. The molecule has 4 heterocycles. The van der Waals surface area contributed by atoms with E-state index in [9.17, 15) is 22.8 Å². The van der Waals surface area contributed by atoms with Gasteiger partial charge in [-0.2, -0.15) is 13.2 Å². The number of piperazine rings is 1. The van der Waals surface area contributed by atoms with Gasteiger partial charge in [-0.1, -0.05) is 0 Å². The topological polar surface area (TPSA) is 113 Å². The van der Waals surface area contributed by atoms with Gasteiger partial charge in [0.2, 0.25) is 5.91 Å². The first-order chi connectivity index (χ1) is 17.4. The molecule has 1 N–H and O–H groups in total. The third-order valence-electron chi connectivity index (χ3n) is 6.68. The molecule has 5 rings (SSSR count). The molecule has 2 aliphatic heterocycles. The molecule has 10 nitrogen and oxygen atoms in total. The lowest BCUT2D eigenvalue weighted by molar-refractivity contribution is -0.156. The van der Waals surface area contributed by atoms with Gasteiger partial charge in [0.1, 0.15) is 29.3 Å². The highest BCUT2D eigenvalue weighted by Crippen LogP contribution is 2.46. The molecule has 0 bridgehead atoms. The number of nitrogens with one attached hydrogen (secondary N) is 1. The van der Waals surface area contributed by atoms with Crippen LogP contribution in [0.15, 0.2) is 18.7 Å². The van der Waals surface area contributed by atoms with Gasteiger partial charge in [-0.05, 0) is 39.5 Å². The number of fused-ring (bicyclic) bond motifs is 1. The van der Waals surface area contributed by atoms with Crippen molar-refractivity contribution in [3.63, 3.8) is 0 Å². The lowest BCUT2D eigenvalue weighted by atomic mass is 9.90. The van der Waals surface area contributed by atoms with E-state index in [2.05, 4.69) is 25.3 Å². The number of anilines is 2. The molecule has 198 valence electrons. The molecule has 0 spiro atoms. The predicted molar refractivity (Wildman–Crippen MR) is 127 cm³/mol. The Kier molecular flexibility index (Phi) is 6.19. The first kappa shape index (κ1) is 25.2. The van der Waals surface area contributed by atoms with Gasteiger partial charge in [0, 0.05) is 31.6 Å². The predicted octanol–water partition coefficient (Wildman–Crippen LogP) is 3.76. The molecule has 0 aromatic carbocycles. The molecule has 1 saturated heterocycles. The first-order valence-corrected chi connectivity index (χ1v) is 12.2. The maximum atomic E-state index is 13.9. The maximum absolute atomic E-state index is 13.9. The molecule has 1 saturated carbocycles. The van der Waals surface area contributed by atoms with E-state index in [-0.39, 0.29) is 34.9 Å². The first-order valence-electron chi connectivity index (χ1n) is 12.2. The Morgan fingerprint density at radius 2 is 1.89 bits per heavy atom. The van der Waals surface area contributed by atoms with Crippen LogP contribution in [-0.2, 0) is 9.53 Å². The quantitative estimate of drug-likeness (QED) is 0.652. The average molecular weight is 520 g/mol. The minimum atomic E-state index is -4.66. The molecule has 3 aliphatic rings. The zero-order chi connectivity index (χ0) is 26.5. The standard InChI is InChI=1S/C24H28F3N7O3/c1-23(2,3)37-22(36)34-7-6-33(11-16(34)13-4-5-13)17-10-28-9-15(31-17)20-19-14(24(25,26)27)8-18(35)32-21(19)30-12-29-20/h9-10,12-14,16H,4-8,11H2,1-3H3,(H,29,30,32,35)/t14-,16-/m1/s1. The summed E-state index contributed by atoms with van der Waals surface area (Å²) in [6, 6.07) is -0.0642. The van der Waals surface area contributed by atoms with Crippen molar-refractivity contribution < 1.29 is 27.5 Å². The van der Waals surface area contributed by atoms with E-state index >= 15 is 0 Å². The van der Waals surface area contributed by atoms with Gasteiger partial charge in [0.15, 0.2) is 0 Å². The van der Waals surface area contributed by atoms with Gasteiger partial charge in [0.25, 0.3) is 0 Å². The Bertz CT molecular complexity index is 1210. The molecular weight excluding hydrogens is 491 g/mol. The van der Waals surface area contributed by atoms with Crippen LogP contribution in [0.2, 0.25) is 0 Å². The summed E-state index contributed by atoms with van der Waals surface area (Å²) in [5.74, 6) is -2.14. The Hall–Kier alpha value is -3.51. The van der Waals surface area contributed by atoms with E-state index in [1.165, 1.54) is 6.20 Å². The van der Waals surface area contributed by atoms with E-state index in [1.807, 2.05) is 25.7 Å². The monoisotopic (exact) mass is 519 g/mol. The summed E-state index contributed by atoms with van der Waals surface area (Å²) in [5.41, 5.74) is -0.689. The fraction of sp³-hybridized carbons (Fsp3) is 0.583. The minimum Gasteiger partial charge on any atom is -0.444 e. The zero-order valence-corrected chi connectivity index (χ0v) is 20.7. The van der Waals surface area contributed by atoms with Gasteiger partial charge >= 0.3 is 12.3 Å². The van der Waals surface area contributed by atoms with Crippen LogP contribution in [0.3, 0.4) is 0 Å². The largest absolute Gasteiger partial charge is 0.444 e.